The van der Waals surface area contributed by atoms with Gasteiger partial charge in [0.25, 0.3) is 0 Å². The van der Waals surface area contributed by atoms with Crippen molar-refractivity contribution >= 4 is 11.9 Å². The van der Waals surface area contributed by atoms with Crippen molar-refractivity contribution in [2.24, 2.45) is 17.8 Å². The molecule has 182 valence electrons. The van der Waals surface area contributed by atoms with Gasteiger partial charge in [-0.05, 0) is 31.1 Å². The summed E-state index contributed by atoms with van der Waals surface area (Å²) in [6.07, 6.45) is 13.7. The van der Waals surface area contributed by atoms with E-state index in [1.165, 1.54) is 12.8 Å². The Labute approximate surface area is 190 Å². The third-order valence-corrected chi connectivity index (χ3v) is 7.18. The van der Waals surface area contributed by atoms with E-state index in [0.717, 1.165) is 70.6 Å². The van der Waals surface area contributed by atoms with E-state index in [-0.39, 0.29) is 11.8 Å². The molecule has 1 aliphatic heterocycles. The Morgan fingerprint density at radius 1 is 0.839 bits per heavy atom. The Bertz CT molecular complexity index is 520. The minimum absolute atomic E-state index is 0.227. The molecule has 0 bridgehead atoms. The SMILES string of the molecule is CCCCCC(CCC)CC1CC(C(=O)O)OC1(CC(CCC)CCCCC)C(=O)O. The molecule has 0 aromatic heterocycles. The molecule has 1 rings (SSSR count). The maximum absolute atomic E-state index is 12.7. The highest BCUT2D eigenvalue weighted by Crippen LogP contribution is 2.46. The largest absolute Gasteiger partial charge is 0.479 e. The van der Waals surface area contributed by atoms with Gasteiger partial charge in [0.05, 0.1) is 0 Å². The summed E-state index contributed by atoms with van der Waals surface area (Å²) in [5.41, 5.74) is -1.36. The molecule has 0 amide bonds. The van der Waals surface area contributed by atoms with Crippen LogP contribution in [0.1, 0.15) is 124 Å². The Morgan fingerprint density at radius 2 is 1.39 bits per heavy atom. The summed E-state index contributed by atoms with van der Waals surface area (Å²) in [6.45, 7) is 8.68. The molecule has 0 aliphatic carbocycles. The van der Waals surface area contributed by atoms with Crippen LogP contribution in [-0.4, -0.2) is 33.9 Å². The Hall–Kier alpha value is -1.10. The molecule has 1 heterocycles. The van der Waals surface area contributed by atoms with E-state index in [1.54, 1.807) is 0 Å². The maximum atomic E-state index is 12.7. The second-order valence-corrected chi connectivity index (χ2v) is 9.81. The minimum Gasteiger partial charge on any atom is -0.479 e. The average Bonchev–Trinajstić information content (AvgIpc) is 3.08. The number of rotatable bonds is 18. The van der Waals surface area contributed by atoms with Gasteiger partial charge in [-0.3, -0.25) is 0 Å². The summed E-state index contributed by atoms with van der Waals surface area (Å²) in [5, 5.41) is 20.0. The first-order valence-corrected chi connectivity index (χ1v) is 13.0. The molecule has 0 saturated carbocycles. The predicted octanol–water partition coefficient (Wildman–Crippen LogP) is 7.07. The van der Waals surface area contributed by atoms with Gasteiger partial charge in [0.2, 0.25) is 0 Å². The fourth-order valence-corrected chi connectivity index (χ4v) is 5.55. The van der Waals surface area contributed by atoms with Gasteiger partial charge in [0.1, 0.15) is 0 Å². The van der Waals surface area contributed by atoms with E-state index >= 15 is 0 Å². The fraction of sp³-hybridized carbons (Fsp3) is 0.923. The van der Waals surface area contributed by atoms with Crippen molar-refractivity contribution in [3.63, 3.8) is 0 Å². The van der Waals surface area contributed by atoms with Crippen molar-refractivity contribution in [1.29, 1.82) is 0 Å². The van der Waals surface area contributed by atoms with Gasteiger partial charge in [-0.15, -0.1) is 0 Å². The van der Waals surface area contributed by atoms with Crippen molar-refractivity contribution in [3.8, 4) is 0 Å². The first kappa shape index (κ1) is 27.9. The number of carboxylic acid groups (broad SMARTS) is 2. The van der Waals surface area contributed by atoms with Crippen molar-refractivity contribution in [2.45, 2.75) is 136 Å². The minimum atomic E-state index is -1.36. The summed E-state index contributed by atoms with van der Waals surface area (Å²) in [5.74, 6) is -1.49. The summed E-state index contributed by atoms with van der Waals surface area (Å²) < 4.78 is 5.97. The molecule has 5 unspecified atom stereocenters. The molecule has 0 spiro atoms. The molecule has 1 fully saturated rings. The van der Waals surface area contributed by atoms with Gasteiger partial charge < -0.3 is 14.9 Å². The van der Waals surface area contributed by atoms with E-state index in [9.17, 15) is 19.8 Å². The smallest absolute Gasteiger partial charge is 0.336 e. The van der Waals surface area contributed by atoms with Crippen molar-refractivity contribution in [3.05, 3.63) is 0 Å². The number of hydrogen-bond donors (Lipinski definition) is 2. The highest BCUT2D eigenvalue weighted by atomic mass is 16.6. The van der Waals surface area contributed by atoms with Crippen molar-refractivity contribution in [2.75, 3.05) is 0 Å². The van der Waals surface area contributed by atoms with Gasteiger partial charge in [0.15, 0.2) is 11.7 Å². The number of carbonyl (C=O) groups is 2. The third-order valence-electron chi connectivity index (χ3n) is 7.18. The first-order valence-electron chi connectivity index (χ1n) is 13.0. The maximum Gasteiger partial charge on any atom is 0.336 e. The number of hydrogen-bond acceptors (Lipinski definition) is 3. The molecule has 1 aliphatic rings. The third kappa shape index (κ3) is 8.75. The van der Waals surface area contributed by atoms with Crippen LogP contribution in [0.3, 0.4) is 0 Å². The number of unbranched alkanes of at least 4 members (excludes halogenated alkanes) is 4. The zero-order chi connectivity index (χ0) is 23.3. The Balaban J connectivity index is 3.10. The Morgan fingerprint density at radius 3 is 1.87 bits per heavy atom. The lowest BCUT2D eigenvalue weighted by Gasteiger charge is -2.35. The highest BCUT2D eigenvalue weighted by Gasteiger charge is 2.56. The normalized spacial score (nSPS) is 25.4. The molecule has 0 aromatic rings. The van der Waals surface area contributed by atoms with E-state index in [0.29, 0.717) is 18.8 Å². The Kier molecular flexibility index (Phi) is 13.4. The number of ether oxygens (including phenoxy) is 1. The van der Waals surface area contributed by atoms with E-state index in [4.69, 9.17) is 4.74 Å². The van der Waals surface area contributed by atoms with Crippen LogP contribution in [0.15, 0.2) is 0 Å². The lowest BCUT2D eigenvalue weighted by atomic mass is 9.72. The lowest BCUT2D eigenvalue weighted by Crippen LogP contribution is -2.47. The molecular weight excluding hydrogens is 392 g/mol. The van der Waals surface area contributed by atoms with Crippen molar-refractivity contribution < 1.29 is 24.5 Å². The van der Waals surface area contributed by atoms with Crippen LogP contribution in [0.4, 0.5) is 0 Å². The second kappa shape index (κ2) is 14.9. The molecule has 0 aromatic carbocycles. The van der Waals surface area contributed by atoms with Gasteiger partial charge in [-0.25, -0.2) is 9.59 Å². The van der Waals surface area contributed by atoms with E-state index in [2.05, 4.69) is 27.7 Å². The molecule has 5 nitrogen and oxygen atoms in total. The summed E-state index contributed by atoms with van der Waals surface area (Å²) in [4.78, 5) is 24.4. The molecule has 0 radical (unpaired) electrons. The molecule has 2 N–H and O–H groups in total. The highest BCUT2D eigenvalue weighted by molar-refractivity contribution is 5.81. The van der Waals surface area contributed by atoms with Crippen LogP contribution in [0.2, 0.25) is 0 Å². The summed E-state index contributed by atoms with van der Waals surface area (Å²) >= 11 is 0. The molecule has 5 atom stereocenters. The molecular formula is C26H48O5. The van der Waals surface area contributed by atoms with Crippen LogP contribution >= 0.6 is 0 Å². The van der Waals surface area contributed by atoms with Gasteiger partial charge >= 0.3 is 11.9 Å². The quantitative estimate of drug-likeness (QED) is 0.223. The summed E-state index contributed by atoms with van der Waals surface area (Å²) in [6, 6.07) is 0. The van der Waals surface area contributed by atoms with Crippen LogP contribution in [0.25, 0.3) is 0 Å². The lowest BCUT2D eigenvalue weighted by molar-refractivity contribution is -0.178. The molecule has 31 heavy (non-hydrogen) atoms. The fourth-order valence-electron chi connectivity index (χ4n) is 5.55. The van der Waals surface area contributed by atoms with Crippen LogP contribution < -0.4 is 0 Å². The zero-order valence-electron chi connectivity index (χ0n) is 20.5. The second-order valence-electron chi connectivity index (χ2n) is 9.81. The van der Waals surface area contributed by atoms with Crippen LogP contribution in [0, 0.1) is 17.8 Å². The van der Waals surface area contributed by atoms with Crippen LogP contribution in [0.5, 0.6) is 0 Å². The molecule has 1 saturated heterocycles. The van der Waals surface area contributed by atoms with Crippen LogP contribution in [-0.2, 0) is 14.3 Å². The van der Waals surface area contributed by atoms with Gasteiger partial charge in [0, 0.05) is 5.92 Å². The average molecular weight is 441 g/mol. The van der Waals surface area contributed by atoms with Gasteiger partial charge in [-0.1, -0.05) is 105 Å². The first-order chi connectivity index (χ1) is 14.8. The standard InChI is InChI=1S/C26H48O5/c1-5-9-11-15-20(13-7-3)17-22-18-23(24(27)28)31-26(22,25(29)30)19-21(14-8-4)16-12-10-6-2/h20-23H,5-19H2,1-4H3,(H,27,28)(H,29,30). The summed E-state index contributed by atoms with van der Waals surface area (Å²) in [7, 11) is 0. The van der Waals surface area contributed by atoms with E-state index in [1.807, 2.05) is 0 Å². The molecule has 5 heteroatoms. The van der Waals surface area contributed by atoms with E-state index < -0.39 is 23.6 Å². The number of carboxylic acids is 2. The predicted molar refractivity (Wildman–Crippen MR) is 125 cm³/mol. The number of aliphatic carboxylic acids is 2. The zero-order valence-corrected chi connectivity index (χ0v) is 20.5. The topological polar surface area (TPSA) is 83.8 Å². The monoisotopic (exact) mass is 440 g/mol. The van der Waals surface area contributed by atoms with Crippen molar-refractivity contribution in [1.82, 2.24) is 0 Å². The van der Waals surface area contributed by atoms with Gasteiger partial charge in [-0.2, -0.15) is 0 Å².